The standard InChI is InChI=1S/C29H25IN8O4/c1-42-29(41)27-22-15-21(9-10-23(22)34-35-27)32-28(40)24(14-18-5-3-2-4-6-18)33-26(39)12-8-20-13-19(16-30)7-11-25(20)38-17-31-36-37-38/h2-13,15,17,24H,14,16H2,1H3,(H,32,40)(H,33,39)(H,34,35)/b12-8+/t24-/m0/s1. The summed E-state index contributed by atoms with van der Waals surface area (Å²) >= 11 is 2.27. The van der Waals surface area contributed by atoms with Crippen LogP contribution in [0.15, 0.2) is 79.1 Å². The molecule has 0 aliphatic heterocycles. The molecule has 42 heavy (non-hydrogen) atoms. The third-order valence-electron chi connectivity index (χ3n) is 6.38. The summed E-state index contributed by atoms with van der Waals surface area (Å²) in [5.41, 5.74) is 4.54. The molecule has 5 aromatic rings. The number of nitrogens with zero attached hydrogens (tertiary/aromatic N) is 5. The largest absolute Gasteiger partial charge is 0.464 e. The van der Waals surface area contributed by atoms with Crippen LogP contribution in [0.2, 0.25) is 0 Å². The van der Waals surface area contributed by atoms with Crippen LogP contribution in [0, 0.1) is 0 Å². The Morgan fingerprint density at radius 3 is 2.64 bits per heavy atom. The molecule has 1 atom stereocenters. The van der Waals surface area contributed by atoms with Crippen molar-refractivity contribution in [2.45, 2.75) is 16.9 Å². The molecule has 0 fully saturated rings. The van der Waals surface area contributed by atoms with E-state index in [0.29, 0.717) is 22.3 Å². The molecule has 2 amide bonds. The summed E-state index contributed by atoms with van der Waals surface area (Å²) in [7, 11) is 1.27. The summed E-state index contributed by atoms with van der Waals surface area (Å²) in [6, 6.07) is 19.3. The molecule has 12 nitrogen and oxygen atoms in total. The van der Waals surface area contributed by atoms with Gasteiger partial charge in [-0.25, -0.2) is 4.79 Å². The number of rotatable bonds is 10. The Balaban J connectivity index is 1.37. The summed E-state index contributed by atoms with van der Waals surface area (Å²) in [6.07, 6.45) is 4.78. The number of anilines is 1. The molecule has 0 saturated carbocycles. The number of hydrogen-bond acceptors (Lipinski definition) is 8. The van der Waals surface area contributed by atoms with Crippen LogP contribution in [0.1, 0.15) is 27.2 Å². The van der Waals surface area contributed by atoms with Gasteiger partial charge in [-0.3, -0.25) is 14.7 Å². The van der Waals surface area contributed by atoms with E-state index in [1.165, 1.54) is 24.2 Å². The second kappa shape index (κ2) is 13.2. The van der Waals surface area contributed by atoms with Crippen molar-refractivity contribution >= 4 is 63.0 Å². The lowest BCUT2D eigenvalue weighted by Crippen LogP contribution is -2.44. The van der Waals surface area contributed by atoms with Gasteiger partial charge in [0.2, 0.25) is 11.8 Å². The second-order valence-corrected chi connectivity index (χ2v) is 9.94. The first kappa shape index (κ1) is 28.6. The minimum atomic E-state index is -0.899. The topological polar surface area (TPSA) is 157 Å². The first-order chi connectivity index (χ1) is 20.4. The smallest absolute Gasteiger partial charge is 0.359 e. The fourth-order valence-corrected chi connectivity index (χ4v) is 4.79. The number of halogens is 1. The number of aromatic amines is 1. The number of benzene rings is 3. The number of alkyl halides is 1. The highest BCUT2D eigenvalue weighted by Gasteiger charge is 2.22. The molecule has 3 aromatic carbocycles. The van der Waals surface area contributed by atoms with Crippen molar-refractivity contribution in [3.63, 3.8) is 0 Å². The summed E-state index contributed by atoms with van der Waals surface area (Å²) < 4.78 is 7.09. The third-order valence-corrected chi connectivity index (χ3v) is 7.26. The predicted molar refractivity (Wildman–Crippen MR) is 164 cm³/mol. The molecule has 5 rings (SSSR count). The molecule has 0 aliphatic rings. The lowest BCUT2D eigenvalue weighted by Gasteiger charge is -2.18. The predicted octanol–water partition coefficient (Wildman–Crippen LogP) is 3.64. The van der Waals surface area contributed by atoms with Gasteiger partial charge in [0.15, 0.2) is 5.69 Å². The molecule has 13 heteroatoms. The summed E-state index contributed by atoms with van der Waals surface area (Å²) in [5.74, 6) is -1.48. The first-order valence-corrected chi connectivity index (χ1v) is 14.3. The molecule has 0 aliphatic carbocycles. The monoisotopic (exact) mass is 676 g/mol. The molecular weight excluding hydrogens is 651 g/mol. The van der Waals surface area contributed by atoms with Crippen LogP contribution >= 0.6 is 22.6 Å². The molecule has 0 spiro atoms. The van der Waals surface area contributed by atoms with Crippen molar-refractivity contribution < 1.29 is 19.1 Å². The van der Waals surface area contributed by atoms with E-state index in [9.17, 15) is 14.4 Å². The number of esters is 1. The highest BCUT2D eigenvalue weighted by Crippen LogP contribution is 2.22. The minimum Gasteiger partial charge on any atom is -0.464 e. The molecule has 0 unspecified atom stereocenters. The molecule has 0 radical (unpaired) electrons. The highest BCUT2D eigenvalue weighted by molar-refractivity contribution is 14.1. The average molecular weight is 676 g/mol. The molecule has 0 bridgehead atoms. The van der Waals surface area contributed by atoms with Gasteiger partial charge in [0.1, 0.15) is 12.4 Å². The Morgan fingerprint density at radius 2 is 1.90 bits per heavy atom. The molecule has 2 heterocycles. The number of hydrogen-bond donors (Lipinski definition) is 3. The number of methoxy groups -OCH3 is 1. The number of ether oxygens (including phenoxy) is 1. The van der Waals surface area contributed by atoms with Crippen LogP contribution in [0.5, 0.6) is 0 Å². The van der Waals surface area contributed by atoms with Crippen molar-refractivity contribution in [1.82, 2.24) is 35.7 Å². The second-order valence-electron chi connectivity index (χ2n) is 9.18. The first-order valence-electron chi connectivity index (χ1n) is 12.8. The van der Waals surface area contributed by atoms with E-state index >= 15 is 0 Å². The van der Waals surface area contributed by atoms with Gasteiger partial charge in [-0.15, -0.1) is 5.10 Å². The molecule has 0 saturated heterocycles. The van der Waals surface area contributed by atoms with Crippen molar-refractivity contribution in [2.75, 3.05) is 12.4 Å². The Labute approximate surface area is 253 Å². The normalized spacial score (nSPS) is 11.9. The van der Waals surface area contributed by atoms with E-state index in [2.05, 4.69) is 58.9 Å². The van der Waals surface area contributed by atoms with E-state index < -0.39 is 23.8 Å². The zero-order valence-corrected chi connectivity index (χ0v) is 24.5. The summed E-state index contributed by atoms with van der Waals surface area (Å²) in [5, 5.41) is 24.3. The van der Waals surface area contributed by atoms with Crippen LogP contribution in [0.3, 0.4) is 0 Å². The van der Waals surface area contributed by atoms with Crippen LogP contribution in [0.25, 0.3) is 22.7 Å². The van der Waals surface area contributed by atoms with Crippen LogP contribution in [0.4, 0.5) is 5.69 Å². The highest BCUT2D eigenvalue weighted by atomic mass is 127. The number of aromatic nitrogens is 6. The van der Waals surface area contributed by atoms with Crippen molar-refractivity contribution in [2.24, 2.45) is 0 Å². The van der Waals surface area contributed by atoms with Crippen molar-refractivity contribution in [3.8, 4) is 5.69 Å². The fraction of sp³-hybridized carbons (Fsp3) is 0.138. The van der Waals surface area contributed by atoms with E-state index in [1.807, 2.05) is 48.5 Å². The number of fused-ring (bicyclic) bond motifs is 1. The van der Waals surface area contributed by atoms with Gasteiger partial charge in [-0.2, -0.15) is 9.78 Å². The SMILES string of the molecule is COC(=O)c1n[nH]c2ccc(NC(=O)[C@H](Cc3ccccc3)NC(=O)/C=C/c3cc(CI)ccc3-n3cnnn3)cc12. The number of tetrazole rings is 1. The third kappa shape index (κ3) is 6.68. The average Bonchev–Trinajstić information content (AvgIpc) is 3.70. The van der Waals surface area contributed by atoms with E-state index in [0.717, 1.165) is 21.1 Å². The van der Waals surface area contributed by atoms with Gasteiger partial charge in [-0.05, 0) is 58.0 Å². The Bertz CT molecular complexity index is 1750. The molecular formula is C29H25IN8O4. The summed E-state index contributed by atoms with van der Waals surface area (Å²) in [4.78, 5) is 38.7. The summed E-state index contributed by atoms with van der Waals surface area (Å²) in [6.45, 7) is 0. The Hall–Kier alpha value is -4.92. The maximum absolute atomic E-state index is 13.5. The maximum atomic E-state index is 13.5. The van der Waals surface area contributed by atoms with E-state index in [4.69, 9.17) is 4.74 Å². The molecule has 2 aromatic heterocycles. The molecule has 212 valence electrons. The van der Waals surface area contributed by atoms with Gasteiger partial charge in [0.05, 0.1) is 18.3 Å². The zero-order chi connectivity index (χ0) is 29.5. The van der Waals surface area contributed by atoms with Gasteiger partial charge >= 0.3 is 5.97 Å². The maximum Gasteiger partial charge on any atom is 0.359 e. The minimum absolute atomic E-state index is 0.107. The van der Waals surface area contributed by atoms with Crippen LogP contribution in [-0.2, 0) is 25.2 Å². The van der Waals surface area contributed by atoms with Gasteiger partial charge in [0, 0.05) is 33.6 Å². The lowest BCUT2D eigenvalue weighted by molar-refractivity contribution is -0.123. The van der Waals surface area contributed by atoms with Crippen LogP contribution in [-0.4, -0.2) is 61.3 Å². The lowest BCUT2D eigenvalue weighted by atomic mass is 10.0. The van der Waals surface area contributed by atoms with E-state index in [-0.39, 0.29) is 12.1 Å². The van der Waals surface area contributed by atoms with Crippen molar-refractivity contribution in [1.29, 1.82) is 0 Å². The van der Waals surface area contributed by atoms with Gasteiger partial charge < -0.3 is 15.4 Å². The number of carbonyl (C=O) groups excluding carboxylic acids is 3. The quantitative estimate of drug-likeness (QED) is 0.0877. The number of H-pyrrole nitrogens is 1. The fourth-order valence-electron chi connectivity index (χ4n) is 4.32. The zero-order valence-electron chi connectivity index (χ0n) is 22.3. The van der Waals surface area contributed by atoms with Crippen LogP contribution < -0.4 is 10.6 Å². The number of amides is 2. The Morgan fingerprint density at radius 1 is 1.07 bits per heavy atom. The Kier molecular flexibility index (Phi) is 8.96. The number of nitrogens with one attached hydrogen (secondary N) is 3. The number of carbonyl (C=O) groups is 3. The van der Waals surface area contributed by atoms with Crippen molar-refractivity contribution in [3.05, 3.63) is 102 Å². The molecule has 3 N–H and O–H groups in total. The van der Waals surface area contributed by atoms with E-state index in [1.54, 1.807) is 24.3 Å². The van der Waals surface area contributed by atoms with Gasteiger partial charge in [0.25, 0.3) is 0 Å². The van der Waals surface area contributed by atoms with Gasteiger partial charge in [-0.1, -0.05) is 59.0 Å².